The molecule has 19 heavy (non-hydrogen) atoms. The molecule has 0 radical (unpaired) electrons. The molecule has 106 valence electrons. The highest BCUT2D eigenvalue weighted by atomic mass is 16.5. The van der Waals surface area contributed by atoms with Crippen molar-refractivity contribution in [2.45, 2.75) is 39.2 Å². The number of amides is 1. The van der Waals surface area contributed by atoms with E-state index in [9.17, 15) is 4.79 Å². The lowest BCUT2D eigenvalue weighted by Gasteiger charge is -2.14. The highest BCUT2D eigenvalue weighted by Crippen LogP contribution is 2.18. The molecule has 1 aromatic carbocycles. The van der Waals surface area contributed by atoms with Crippen LogP contribution in [0, 0.1) is 0 Å². The number of rotatable bonds is 7. The van der Waals surface area contributed by atoms with Crippen LogP contribution in [0.4, 0.5) is 0 Å². The molecule has 0 bridgehead atoms. The summed E-state index contributed by atoms with van der Waals surface area (Å²) in [6, 6.07) is 7.54. The van der Waals surface area contributed by atoms with Crippen molar-refractivity contribution in [2.24, 2.45) is 0 Å². The zero-order valence-electron chi connectivity index (χ0n) is 11.8. The van der Waals surface area contributed by atoms with Gasteiger partial charge >= 0.3 is 0 Å². The van der Waals surface area contributed by atoms with Gasteiger partial charge in [-0.3, -0.25) is 4.79 Å². The quantitative estimate of drug-likeness (QED) is 0.793. The third kappa shape index (κ3) is 5.30. The van der Waals surface area contributed by atoms with E-state index >= 15 is 0 Å². The van der Waals surface area contributed by atoms with E-state index in [0.29, 0.717) is 18.1 Å². The van der Waals surface area contributed by atoms with Crippen LogP contribution in [0.25, 0.3) is 0 Å². The summed E-state index contributed by atoms with van der Waals surface area (Å²) in [6.45, 7) is 6.09. The molecular formula is C15H23NO3. The summed E-state index contributed by atoms with van der Waals surface area (Å²) >= 11 is 0. The van der Waals surface area contributed by atoms with Crippen LogP contribution in [0.1, 0.15) is 38.7 Å². The topological polar surface area (TPSA) is 58.6 Å². The van der Waals surface area contributed by atoms with E-state index in [2.05, 4.69) is 19.2 Å². The van der Waals surface area contributed by atoms with Crippen molar-refractivity contribution in [2.75, 3.05) is 13.2 Å². The van der Waals surface area contributed by atoms with E-state index in [1.807, 2.05) is 31.2 Å². The molecule has 0 saturated heterocycles. The zero-order chi connectivity index (χ0) is 14.3. The van der Waals surface area contributed by atoms with E-state index in [-0.39, 0.29) is 25.2 Å². The maximum absolute atomic E-state index is 11.6. The molecule has 4 heteroatoms. The molecule has 0 spiro atoms. The van der Waals surface area contributed by atoms with Gasteiger partial charge in [0.15, 0.2) is 6.61 Å². The van der Waals surface area contributed by atoms with Crippen molar-refractivity contribution in [1.29, 1.82) is 0 Å². The number of ether oxygens (including phenoxy) is 1. The third-order valence-corrected chi connectivity index (χ3v) is 2.99. The Morgan fingerprint density at radius 2 is 1.95 bits per heavy atom. The first-order chi connectivity index (χ1) is 9.06. The third-order valence-electron chi connectivity index (χ3n) is 2.99. The second-order valence-corrected chi connectivity index (χ2v) is 4.87. The largest absolute Gasteiger partial charge is 0.484 e. The second kappa shape index (κ2) is 7.79. The van der Waals surface area contributed by atoms with Crippen LogP contribution in [-0.2, 0) is 4.79 Å². The Morgan fingerprint density at radius 1 is 1.32 bits per heavy atom. The Hall–Kier alpha value is -1.55. The molecule has 1 unspecified atom stereocenters. The normalized spacial score (nSPS) is 12.3. The van der Waals surface area contributed by atoms with Gasteiger partial charge in [0.1, 0.15) is 5.75 Å². The van der Waals surface area contributed by atoms with Crippen LogP contribution < -0.4 is 10.1 Å². The van der Waals surface area contributed by atoms with E-state index in [4.69, 9.17) is 9.84 Å². The average molecular weight is 265 g/mol. The first-order valence-corrected chi connectivity index (χ1v) is 6.69. The molecule has 1 aromatic rings. The van der Waals surface area contributed by atoms with Crippen molar-refractivity contribution in [1.82, 2.24) is 5.32 Å². The van der Waals surface area contributed by atoms with Crippen molar-refractivity contribution in [3.8, 4) is 5.75 Å². The number of nitrogens with one attached hydrogen (secondary N) is 1. The molecule has 0 aliphatic heterocycles. The molecule has 0 aliphatic carbocycles. The van der Waals surface area contributed by atoms with Crippen molar-refractivity contribution in [3.05, 3.63) is 29.8 Å². The van der Waals surface area contributed by atoms with Crippen LogP contribution in [0.15, 0.2) is 24.3 Å². The summed E-state index contributed by atoms with van der Waals surface area (Å²) < 4.78 is 5.40. The van der Waals surface area contributed by atoms with Crippen LogP contribution >= 0.6 is 0 Å². The summed E-state index contributed by atoms with van der Waals surface area (Å²) in [5, 5.41) is 11.7. The molecule has 0 aromatic heterocycles. The summed E-state index contributed by atoms with van der Waals surface area (Å²) in [4.78, 5) is 11.6. The average Bonchev–Trinajstić information content (AvgIpc) is 2.43. The summed E-state index contributed by atoms with van der Waals surface area (Å²) in [7, 11) is 0. The van der Waals surface area contributed by atoms with E-state index in [1.165, 1.54) is 5.56 Å². The van der Waals surface area contributed by atoms with Crippen LogP contribution in [-0.4, -0.2) is 30.3 Å². The lowest BCUT2D eigenvalue weighted by atomic mass is 10.0. The van der Waals surface area contributed by atoms with Crippen LogP contribution in [0.5, 0.6) is 5.75 Å². The molecular weight excluding hydrogens is 242 g/mol. The molecule has 0 saturated carbocycles. The van der Waals surface area contributed by atoms with Gasteiger partial charge in [0.05, 0.1) is 12.6 Å². The number of aliphatic hydroxyl groups is 1. The number of hydrogen-bond donors (Lipinski definition) is 2. The van der Waals surface area contributed by atoms with Gasteiger partial charge in [0, 0.05) is 0 Å². The molecule has 1 rings (SSSR count). The van der Waals surface area contributed by atoms with Gasteiger partial charge in [-0.15, -0.1) is 0 Å². The minimum Gasteiger partial charge on any atom is -0.484 e. The molecule has 0 heterocycles. The first kappa shape index (κ1) is 15.5. The number of benzene rings is 1. The Morgan fingerprint density at radius 3 is 2.42 bits per heavy atom. The number of hydrogen-bond acceptors (Lipinski definition) is 3. The SMILES string of the molecule is CCC(CO)NC(=O)COc1ccc(C(C)C)cc1. The summed E-state index contributed by atoms with van der Waals surface area (Å²) in [5.41, 5.74) is 1.24. The number of aliphatic hydroxyl groups excluding tert-OH is 1. The van der Waals surface area contributed by atoms with Gasteiger partial charge in [-0.2, -0.15) is 0 Å². The predicted molar refractivity (Wildman–Crippen MR) is 75.3 cm³/mol. The molecule has 1 atom stereocenters. The molecule has 4 nitrogen and oxygen atoms in total. The van der Waals surface area contributed by atoms with Gasteiger partial charge in [-0.1, -0.05) is 32.9 Å². The van der Waals surface area contributed by atoms with Gasteiger partial charge in [0.25, 0.3) is 5.91 Å². The Labute approximate surface area is 114 Å². The van der Waals surface area contributed by atoms with E-state index in [1.54, 1.807) is 0 Å². The molecule has 0 aliphatic rings. The molecule has 0 fully saturated rings. The molecule has 2 N–H and O–H groups in total. The highest BCUT2D eigenvalue weighted by Gasteiger charge is 2.09. The lowest BCUT2D eigenvalue weighted by Crippen LogP contribution is -2.39. The fourth-order valence-electron chi connectivity index (χ4n) is 1.64. The monoisotopic (exact) mass is 265 g/mol. The predicted octanol–water partition coefficient (Wildman–Crippen LogP) is 2.08. The molecule has 1 amide bonds. The van der Waals surface area contributed by atoms with E-state index in [0.717, 1.165) is 0 Å². The fourth-order valence-corrected chi connectivity index (χ4v) is 1.64. The van der Waals surface area contributed by atoms with Gasteiger partial charge < -0.3 is 15.2 Å². The Bertz CT molecular complexity index is 383. The van der Waals surface area contributed by atoms with Crippen LogP contribution in [0.3, 0.4) is 0 Å². The van der Waals surface area contributed by atoms with Gasteiger partial charge in [-0.05, 0) is 30.0 Å². The van der Waals surface area contributed by atoms with E-state index < -0.39 is 0 Å². The van der Waals surface area contributed by atoms with Gasteiger partial charge in [0.2, 0.25) is 0 Å². The Kier molecular flexibility index (Phi) is 6.36. The number of carbonyl (C=O) groups is 1. The fraction of sp³-hybridized carbons (Fsp3) is 0.533. The maximum atomic E-state index is 11.6. The van der Waals surface area contributed by atoms with Crippen molar-refractivity contribution < 1.29 is 14.6 Å². The minimum absolute atomic E-state index is 0.0302. The summed E-state index contributed by atoms with van der Waals surface area (Å²) in [6.07, 6.45) is 0.700. The lowest BCUT2D eigenvalue weighted by molar-refractivity contribution is -0.124. The van der Waals surface area contributed by atoms with Crippen molar-refractivity contribution in [3.63, 3.8) is 0 Å². The second-order valence-electron chi connectivity index (χ2n) is 4.87. The van der Waals surface area contributed by atoms with Crippen molar-refractivity contribution >= 4 is 5.91 Å². The smallest absolute Gasteiger partial charge is 0.258 e. The first-order valence-electron chi connectivity index (χ1n) is 6.69. The number of carbonyl (C=O) groups excluding carboxylic acids is 1. The Balaban J connectivity index is 2.41. The van der Waals surface area contributed by atoms with Gasteiger partial charge in [-0.25, -0.2) is 0 Å². The maximum Gasteiger partial charge on any atom is 0.258 e. The zero-order valence-corrected chi connectivity index (χ0v) is 11.8. The summed E-state index contributed by atoms with van der Waals surface area (Å²) in [5.74, 6) is 0.942. The van der Waals surface area contributed by atoms with Crippen LogP contribution in [0.2, 0.25) is 0 Å². The minimum atomic E-state index is -0.214. The highest BCUT2D eigenvalue weighted by molar-refractivity contribution is 5.77. The standard InChI is InChI=1S/C15H23NO3/c1-4-13(9-17)16-15(18)10-19-14-7-5-12(6-8-14)11(2)3/h5-8,11,13,17H,4,9-10H2,1-3H3,(H,16,18).